The zero-order valence-corrected chi connectivity index (χ0v) is 20.1. The molecule has 33 heavy (non-hydrogen) atoms. The summed E-state index contributed by atoms with van der Waals surface area (Å²) < 4.78 is 0. The summed E-state index contributed by atoms with van der Waals surface area (Å²) in [6.07, 6.45) is 2.23. The molecule has 184 valence electrons. The van der Waals surface area contributed by atoms with Crippen LogP contribution in [0.2, 0.25) is 0 Å². The Morgan fingerprint density at radius 2 is 1.64 bits per heavy atom. The fourth-order valence-corrected chi connectivity index (χ4v) is 3.28. The van der Waals surface area contributed by atoms with Gasteiger partial charge in [0.25, 0.3) is 0 Å². The van der Waals surface area contributed by atoms with Crippen molar-refractivity contribution in [3.8, 4) is 0 Å². The van der Waals surface area contributed by atoms with E-state index < -0.39 is 35.9 Å². The molecule has 1 aromatic carbocycles. The van der Waals surface area contributed by atoms with Crippen molar-refractivity contribution in [3.63, 3.8) is 0 Å². The van der Waals surface area contributed by atoms with Gasteiger partial charge in [0.1, 0.15) is 12.1 Å². The van der Waals surface area contributed by atoms with Crippen molar-refractivity contribution in [2.45, 2.75) is 64.1 Å². The number of nitrogens with one attached hydrogen (secondary N) is 3. The molecule has 0 aliphatic rings. The van der Waals surface area contributed by atoms with E-state index in [1.165, 1.54) is 0 Å². The van der Waals surface area contributed by atoms with Crippen molar-refractivity contribution in [3.05, 3.63) is 35.9 Å². The molecule has 0 heterocycles. The molecule has 0 unspecified atom stereocenters. The molecule has 0 spiro atoms. The normalized spacial score (nSPS) is 13.6. The Hall–Kier alpha value is -2.59. The smallest absolute Gasteiger partial charge is 0.303 e. The Morgan fingerprint density at radius 1 is 0.970 bits per heavy atom. The second-order valence-corrected chi connectivity index (χ2v) is 8.63. The molecule has 0 aromatic heterocycles. The summed E-state index contributed by atoms with van der Waals surface area (Å²) in [7, 11) is 0. The molecule has 0 aliphatic heterocycles. The topological polar surface area (TPSA) is 151 Å². The van der Waals surface area contributed by atoms with E-state index in [1.807, 2.05) is 30.3 Å². The number of carbonyl (C=O) groups is 4. The van der Waals surface area contributed by atoms with Crippen molar-refractivity contribution in [1.29, 1.82) is 0 Å². The summed E-state index contributed by atoms with van der Waals surface area (Å²) in [6.45, 7) is 3.96. The Morgan fingerprint density at radius 3 is 2.21 bits per heavy atom. The molecule has 10 heteroatoms. The zero-order chi connectivity index (χ0) is 24.8. The third-order valence-electron chi connectivity index (χ3n) is 5.06. The number of amides is 3. The minimum Gasteiger partial charge on any atom is -0.481 e. The molecule has 9 nitrogen and oxygen atoms in total. The molecule has 0 aliphatic carbocycles. The summed E-state index contributed by atoms with van der Waals surface area (Å²) >= 11 is 4.01. The minimum absolute atomic E-state index is 0.0970. The van der Waals surface area contributed by atoms with Gasteiger partial charge in [-0.25, -0.2) is 0 Å². The Balaban J connectivity index is 2.81. The van der Waals surface area contributed by atoms with Crippen molar-refractivity contribution >= 4 is 36.3 Å². The molecule has 0 radical (unpaired) electrons. The van der Waals surface area contributed by atoms with Crippen molar-refractivity contribution < 1.29 is 24.3 Å². The summed E-state index contributed by atoms with van der Waals surface area (Å²) in [6, 6.07) is 6.77. The summed E-state index contributed by atoms with van der Waals surface area (Å²) in [4.78, 5) is 48.6. The summed E-state index contributed by atoms with van der Waals surface area (Å²) in [5.41, 5.74) is 6.58. The molecule has 0 bridgehead atoms. The van der Waals surface area contributed by atoms with Crippen LogP contribution in [0, 0.1) is 5.92 Å². The third kappa shape index (κ3) is 11.2. The lowest BCUT2D eigenvalue weighted by Gasteiger charge is -2.26. The number of hydrogen-bond donors (Lipinski definition) is 6. The maximum absolute atomic E-state index is 13.0. The lowest BCUT2D eigenvalue weighted by molar-refractivity contribution is -0.137. The van der Waals surface area contributed by atoms with Gasteiger partial charge in [0.2, 0.25) is 17.7 Å². The number of thiol groups is 1. The van der Waals surface area contributed by atoms with Gasteiger partial charge in [-0.05, 0) is 24.3 Å². The number of carbonyl (C=O) groups excluding carboxylic acids is 3. The van der Waals surface area contributed by atoms with E-state index in [2.05, 4.69) is 28.6 Å². The SMILES string of the molecule is CC(C)[C@H](NC(=O)[C@@H](N)CS)C(=O)N[C@@H](Cc1ccccc1)C(=O)NCCCCCC(=O)O. The lowest BCUT2D eigenvalue weighted by Crippen LogP contribution is -2.58. The van der Waals surface area contributed by atoms with E-state index in [-0.39, 0.29) is 30.4 Å². The van der Waals surface area contributed by atoms with Gasteiger partial charge in [0.15, 0.2) is 0 Å². The zero-order valence-electron chi connectivity index (χ0n) is 19.3. The molecular formula is C23H36N4O5S. The fourth-order valence-electron chi connectivity index (χ4n) is 3.11. The Bertz CT molecular complexity index is 775. The molecule has 0 saturated carbocycles. The number of hydrogen-bond acceptors (Lipinski definition) is 6. The van der Waals surface area contributed by atoms with Crippen LogP contribution in [0.15, 0.2) is 30.3 Å². The summed E-state index contributed by atoms with van der Waals surface area (Å²) in [5.74, 6) is -2.22. The number of unbranched alkanes of at least 4 members (excludes halogenated alkanes) is 2. The van der Waals surface area contributed by atoms with E-state index in [0.717, 1.165) is 5.56 Å². The second-order valence-electron chi connectivity index (χ2n) is 8.27. The van der Waals surface area contributed by atoms with E-state index in [9.17, 15) is 19.2 Å². The Labute approximate surface area is 200 Å². The van der Waals surface area contributed by atoms with Gasteiger partial charge in [-0.2, -0.15) is 12.6 Å². The quantitative estimate of drug-likeness (QED) is 0.162. The largest absolute Gasteiger partial charge is 0.481 e. The second kappa shape index (κ2) is 15.3. The lowest BCUT2D eigenvalue weighted by atomic mass is 10.0. The van der Waals surface area contributed by atoms with E-state index in [1.54, 1.807) is 13.8 Å². The first-order chi connectivity index (χ1) is 15.6. The predicted octanol–water partition coefficient (Wildman–Crippen LogP) is 0.873. The highest BCUT2D eigenvalue weighted by atomic mass is 32.1. The van der Waals surface area contributed by atoms with Crippen LogP contribution in [0.1, 0.15) is 45.1 Å². The first-order valence-electron chi connectivity index (χ1n) is 11.2. The van der Waals surface area contributed by atoms with Crippen LogP contribution in [-0.2, 0) is 25.6 Å². The van der Waals surface area contributed by atoms with Gasteiger partial charge in [0.05, 0.1) is 6.04 Å². The van der Waals surface area contributed by atoms with E-state index in [0.29, 0.717) is 25.8 Å². The highest BCUT2D eigenvalue weighted by Crippen LogP contribution is 2.08. The molecule has 3 atom stereocenters. The highest BCUT2D eigenvalue weighted by molar-refractivity contribution is 7.80. The standard InChI is InChI=1S/C23H36N4O5S/c1-15(2)20(27-21(30)17(24)14-33)23(32)26-18(13-16-9-5-3-6-10-16)22(31)25-12-8-4-7-11-19(28)29/h3,5-6,9-10,15,17-18,20,33H,4,7-8,11-14,24H2,1-2H3,(H,25,31)(H,26,32)(H,27,30)(H,28,29)/t17-,18-,20-/m0/s1. The van der Waals surface area contributed by atoms with Gasteiger partial charge < -0.3 is 26.8 Å². The predicted molar refractivity (Wildman–Crippen MR) is 130 cm³/mol. The number of benzene rings is 1. The van der Waals surface area contributed by atoms with Gasteiger partial charge in [0, 0.05) is 25.1 Å². The number of carboxylic acids is 1. The fraction of sp³-hybridized carbons (Fsp3) is 0.565. The van der Waals surface area contributed by atoms with Gasteiger partial charge in [-0.1, -0.05) is 50.6 Å². The van der Waals surface area contributed by atoms with Crippen LogP contribution in [0.4, 0.5) is 0 Å². The maximum atomic E-state index is 13.0. The number of aliphatic carboxylic acids is 1. The van der Waals surface area contributed by atoms with Crippen molar-refractivity contribution in [1.82, 2.24) is 16.0 Å². The maximum Gasteiger partial charge on any atom is 0.303 e. The molecule has 1 rings (SSSR count). The molecular weight excluding hydrogens is 444 g/mol. The Kier molecular flexibility index (Phi) is 13.2. The average molecular weight is 481 g/mol. The molecule has 0 fully saturated rings. The van der Waals surface area contributed by atoms with Gasteiger partial charge in [-0.15, -0.1) is 0 Å². The first-order valence-corrected chi connectivity index (χ1v) is 11.8. The van der Waals surface area contributed by atoms with E-state index in [4.69, 9.17) is 10.8 Å². The number of rotatable bonds is 15. The molecule has 3 amide bonds. The third-order valence-corrected chi connectivity index (χ3v) is 5.46. The highest BCUT2D eigenvalue weighted by Gasteiger charge is 2.29. The van der Waals surface area contributed by atoms with Crippen LogP contribution < -0.4 is 21.7 Å². The molecule has 1 aromatic rings. The number of carboxylic acid groups (broad SMARTS) is 1. The van der Waals surface area contributed by atoms with Gasteiger partial charge >= 0.3 is 5.97 Å². The summed E-state index contributed by atoms with van der Waals surface area (Å²) in [5, 5.41) is 16.9. The monoisotopic (exact) mass is 480 g/mol. The molecule has 0 saturated heterocycles. The van der Waals surface area contributed by atoms with Crippen LogP contribution in [0.25, 0.3) is 0 Å². The minimum atomic E-state index is -0.856. The van der Waals surface area contributed by atoms with Crippen LogP contribution >= 0.6 is 12.6 Å². The average Bonchev–Trinajstić information content (AvgIpc) is 2.78. The van der Waals surface area contributed by atoms with E-state index >= 15 is 0 Å². The van der Waals surface area contributed by atoms with Crippen molar-refractivity contribution in [2.24, 2.45) is 11.7 Å². The molecule has 6 N–H and O–H groups in total. The van der Waals surface area contributed by atoms with Crippen molar-refractivity contribution in [2.75, 3.05) is 12.3 Å². The van der Waals surface area contributed by atoms with Crippen LogP contribution in [0.3, 0.4) is 0 Å². The first kappa shape index (κ1) is 28.4. The number of nitrogens with two attached hydrogens (primary N) is 1. The van der Waals surface area contributed by atoms with Crippen LogP contribution in [0.5, 0.6) is 0 Å². The van der Waals surface area contributed by atoms with Gasteiger partial charge in [-0.3, -0.25) is 19.2 Å². The van der Waals surface area contributed by atoms with Crippen LogP contribution in [-0.4, -0.2) is 59.2 Å².